The zero-order chi connectivity index (χ0) is 17.3. The summed E-state index contributed by atoms with van der Waals surface area (Å²) in [6.07, 6.45) is 1.13. The summed E-state index contributed by atoms with van der Waals surface area (Å²) in [5, 5.41) is 11.5. The molecular formula is C17H17FO4S. The topological polar surface area (TPSA) is 63.6 Å². The standard InChI is InChI=1S/C17H17FO4S/c1-16(2)13(10-12(18)14(19)22-3)17(16,15(20)21)8-4-6-11-7-5-9-23-11/h5,7,9-10,13H,8H2,1-3H3,(H,20,21)/b12-10-/t13-,17-/m0/s1. The quantitative estimate of drug-likeness (QED) is 0.521. The van der Waals surface area contributed by atoms with Crippen LogP contribution in [0, 0.1) is 28.6 Å². The van der Waals surface area contributed by atoms with Crippen LogP contribution in [0.2, 0.25) is 0 Å². The summed E-state index contributed by atoms with van der Waals surface area (Å²) in [6, 6.07) is 3.71. The number of hydrogen-bond acceptors (Lipinski definition) is 4. The van der Waals surface area contributed by atoms with Crippen LogP contribution in [0.15, 0.2) is 29.4 Å². The van der Waals surface area contributed by atoms with Gasteiger partial charge in [-0.05, 0) is 22.9 Å². The Bertz CT molecular complexity index is 709. The number of ether oxygens (including phenoxy) is 1. The van der Waals surface area contributed by atoms with Crippen LogP contribution in [0.25, 0.3) is 0 Å². The first-order chi connectivity index (χ1) is 10.8. The number of aliphatic carboxylic acids is 1. The fourth-order valence-electron chi connectivity index (χ4n) is 3.00. The lowest BCUT2D eigenvalue weighted by atomic mass is 9.92. The van der Waals surface area contributed by atoms with Crippen LogP contribution in [-0.2, 0) is 14.3 Å². The van der Waals surface area contributed by atoms with Crippen molar-refractivity contribution in [1.82, 2.24) is 0 Å². The van der Waals surface area contributed by atoms with Crippen molar-refractivity contribution in [2.75, 3.05) is 7.11 Å². The summed E-state index contributed by atoms with van der Waals surface area (Å²) in [5.41, 5.74) is -1.91. The van der Waals surface area contributed by atoms with Gasteiger partial charge in [0.05, 0.1) is 17.4 Å². The Morgan fingerprint density at radius 1 is 1.52 bits per heavy atom. The molecule has 2 atom stereocenters. The fraction of sp³-hybridized carbons (Fsp3) is 0.412. The van der Waals surface area contributed by atoms with Gasteiger partial charge in [0.2, 0.25) is 5.83 Å². The summed E-state index contributed by atoms with van der Waals surface area (Å²) >= 11 is 1.47. The second-order valence-electron chi connectivity index (χ2n) is 5.94. The number of allylic oxidation sites excluding steroid dienone is 1. The van der Waals surface area contributed by atoms with Crippen molar-refractivity contribution in [1.29, 1.82) is 0 Å². The molecule has 1 saturated carbocycles. The average Bonchev–Trinajstić information content (AvgIpc) is 2.87. The maximum atomic E-state index is 13.7. The Balaban J connectivity index is 2.27. The van der Waals surface area contributed by atoms with Crippen LogP contribution in [-0.4, -0.2) is 24.2 Å². The number of rotatable bonds is 4. The van der Waals surface area contributed by atoms with E-state index >= 15 is 0 Å². The van der Waals surface area contributed by atoms with Gasteiger partial charge >= 0.3 is 11.9 Å². The molecule has 0 amide bonds. The summed E-state index contributed by atoms with van der Waals surface area (Å²) in [7, 11) is 1.07. The van der Waals surface area contributed by atoms with Crippen molar-refractivity contribution in [2.45, 2.75) is 20.3 Å². The Labute approximate surface area is 138 Å². The zero-order valence-corrected chi connectivity index (χ0v) is 13.9. The molecule has 4 nitrogen and oxygen atoms in total. The van der Waals surface area contributed by atoms with E-state index in [9.17, 15) is 19.1 Å². The highest BCUT2D eigenvalue weighted by Crippen LogP contribution is 2.71. The van der Waals surface area contributed by atoms with Gasteiger partial charge in [-0.3, -0.25) is 4.79 Å². The Kier molecular flexibility index (Phi) is 4.62. The third-order valence-corrected chi connectivity index (χ3v) is 5.34. The number of halogens is 1. The Hall–Kier alpha value is -2.13. The van der Waals surface area contributed by atoms with E-state index < -0.39 is 34.5 Å². The predicted octanol–water partition coefficient (Wildman–Crippen LogP) is 3.24. The Morgan fingerprint density at radius 3 is 2.74 bits per heavy atom. The van der Waals surface area contributed by atoms with E-state index in [0.717, 1.165) is 18.1 Å². The van der Waals surface area contributed by atoms with Crippen LogP contribution in [0.3, 0.4) is 0 Å². The number of thiophene rings is 1. The third kappa shape index (κ3) is 2.89. The number of methoxy groups -OCH3 is 1. The lowest BCUT2D eigenvalue weighted by molar-refractivity contribution is -0.145. The molecule has 23 heavy (non-hydrogen) atoms. The van der Waals surface area contributed by atoms with Gasteiger partial charge in [-0.1, -0.05) is 31.8 Å². The first-order valence-corrected chi connectivity index (χ1v) is 7.86. The minimum Gasteiger partial charge on any atom is -0.481 e. The van der Waals surface area contributed by atoms with Crippen LogP contribution in [0.5, 0.6) is 0 Å². The van der Waals surface area contributed by atoms with Crippen LogP contribution >= 0.6 is 11.3 Å². The van der Waals surface area contributed by atoms with Gasteiger partial charge in [-0.15, -0.1) is 11.3 Å². The van der Waals surface area contributed by atoms with Gasteiger partial charge < -0.3 is 9.84 Å². The molecule has 0 spiro atoms. The van der Waals surface area contributed by atoms with E-state index in [1.807, 2.05) is 17.5 Å². The number of carboxylic acid groups (broad SMARTS) is 1. The maximum absolute atomic E-state index is 13.7. The molecule has 122 valence electrons. The van der Waals surface area contributed by atoms with Gasteiger partial charge in [0, 0.05) is 12.3 Å². The number of carboxylic acids is 1. The van der Waals surface area contributed by atoms with Gasteiger partial charge in [-0.25, -0.2) is 4.79 Å². The first kappa shape index (κ1) is 17.2. The van der Waals surface area contributed by atoms with Gasteiger partial charge in [-0.2, -0.15) is 4.39 Å². The lowest BCUT2D eigenvalue weighted by Crippen LogP contribution is -2.21. The lowest BCUT2D eigenvalue weighted by Gasteiger charge is -2.11. The molecular weight excluding hydrogens is 319 g/mol. The Morgan fingerprint density at radius 2 is 2.22 bits per heavy atom. The molecule has 6 heteroatoms. The van der Waals surface area contributed by atoms with Crippen LogP contribution in [0.1, 0.15) is 25.1 Å². The third-order valence-electron chi connectivity index (χ3n) is 4.55. The molecule has 0 unspecified atom stereocenters. The average molecular weight is 336 g/mol. The second kappa shape index (κ2) is 6.17. The van der Waals surface area contributed by atoms with E-state index in [0.29, 0.717) is 0 Å². The van der Waals surface area contributed by atoms with Crippen molar-refractivity contribution < 1.29 is 23.8 Å². The van der Waals surface area contributed by atoms with Gasteiger partial charge in [0.15, 0.2) is 0 Å². The minimum atomic E-state index is -1.21. The normalized spacial score (nSPS) is 25.2. The number of hydrogen-bond donors (Lipinski definition) is 1. The highest BCUT2D eigenvalue weighted by molar-refractivity contribution is 7.10. The highest BCUT2D eigenvalue weighted by Gasteiger charge is 2.74. The first-order valence-electron chi connectivity index (χ1n) is 6.98. The van der Waals surface area contributed by atoms with Crippen molar-refractivity contribution in [3.8, 4) is 11.8 Å². The van der Waals surface area contributed by atoms with Crippen molar-refractivity contribution >= 4 is 23.3 Å². The number of esters is 1. The van der Waals surface area contributed by atoms with Crippen molar-refractivity contribution in [3.63, 3.8) is 0 Å². The molecule has 1 aromatic heterocycles. The molecule has 0 radical (unpaired) electrons. The van der Waals surface area contributed by atoms with E-state index in [1.165, 1.54) is 11.3 Å². The van der Waals surface area contributed by atoms with Crippen molar-refractivity contribution in [3.05, 3.63) is 34.3 Å². The predicted molar refractivity (Wildman–Crippen MR) is 84.4 cm³/mol. The summed E-state index contributed by atoms with van der Waals surface area (Å²) in [6.45, 7) is 3.47. The number of carbonyl (C=O) groups excluding carboxylic acids is 1. The smallest absolute Gasteiger partial charge is 0.366 e. The molecule has 1 aromatic rings. The second-order valence-corrected chi connectivity index (χ2v) is 6.89. The highest BCUT2D eigenvalue weighted by atomic mass is 32.1. The molecule has 0 bridgehead atoms. The fourth-order valence-corrected chi connectivity index (χ4v) is 3.59. The molecule has 2 rings (SSSR count). The molecule has 1 aliphatic rings. The van der Waals surface area contributed by atoms with Gasteiger partial charge in [0.1, 0.15) is 0 Å². The van der Waals surface area contributed by atoms with E-state index in [4.69, 9.17) is 0 Å². The summed E-state index contributed by atoms with van der Waals surface area (Å²) < 4.78 is 18.1. The number of carbonyl (C=O) groups is 2. The maximum Gasteiger partial charge on any atom is 0.366 e. The van der Waals surface area contributed by atoms with Crippen LogP contribution in [0.4, 0.5) is 4.39 Å². The van der Waals surface area contributed by atoms with Crippen LogP contribution < -0.4 is 0 Å². The zero-order valence-electron chi connectivity index (χ0n) is 13.1. The summed E-state index contributed by atoms with van der Waals surface area (Å²) in [5.74, 6) is 1.98. The van der Waals surface area contributed by atoms with E-state index in [-0.39, 0.29) is 6.42 Å². The van der Waals surface area contributed by atoms with E-state index in [2.05, 4.69) is 16.6 Å². The SMILES string of the molecule is COC(=O)/C(F)=C/[C@H]1C(C)(C)[C@]1(CC#Cc1cccs1)C(=O)O. The molecule has 1 heterocycles. The van der Waals surface area contributed by atoms with E-state index in [1.54, 1.807) is 13.8 Å². The molecule has 1 aliphatic carbocycles. The monoisotopic (exact) mass is 336 g/mol. The molecule has 0 saturated heterocycles. The molecule has 1 N–H and O–H groups in total. The molecule has 1 fully saturated rings. The molecule has 0 aromatic carbocycles. The summed E-state index contributed by atoms with van der Waals surface area (Å²) in [4.78, 5) is 23.8. The van der Waals surface area contributed by atoms with Gasteiger partial charge in [0.25, 0.3) is 0 Å². The minimum absolute atomic E-state index is 0.0862. The van der Waals surface area contributed by atoms with Crippen molar-refractivity contribution in [2.24, 2.45) is 16.7 Å². The molecule has 0 aliphatic heterocycles. The largest absolute Gasteiger partial charge is 0.481 e.